The van der Waals surface area contributed by atoms with Gasteiger partial charge < -0.3 is 15.1 Å². The molecule has 0 spiro atoms. The van der Waals surface area contributed by atoms with Crippen molar-refractivity contribution in [1.82, 2.24) is 15.1 Å². The number of carbonyl (C=O) groups excluding carboxylic acids is 2. The highest BCUT2D eigenvalue weighted by atomic mass is 19.4. The first-order valence-electron chi connectivity index (χ1n) is 8.73. The van der Waals surface area contributed by atoms with E-state index in [1.54, 1.807) is 9.80 Å². The molecule has 3 rings (SSSR count). The molecule has 2 heterocycles. The summed E-state index contributed by atoms with van der Waals surface area (Å²) in [5, 5.41) is 3.16. The van der Waals surface area contributed by atoms with Crippen molar-refractivity contribution in [3.63, 3.8) is 0 Å². The minimum absolute atomic E-state index is 0.0339. The van der Waals surface area contributed by atoms with Gasteiger partial charge in [0.05, 0.1) is 5.56 Å². The number of halogens is 3. The molecular weight excluding hydrogens is 347 g/mol. The number of rotatable bonds is 3. The molecule has 2 aliphatic rings. The third-order valence-corrected chi connectivity index (χ3v) is 5.25. The van der Waals surface area contributed by atoms with Crippen LogP contribution in [0.25, 0.3) is 0 Å². The van der Waals surface area contributed by atoms with Gasteiger partial charge in [-0.15, -0.1) is 0 Å². The van der Waals surface area contributed by atoms with Crippen molar-refractivity contribution in [2.24, 2.45) is 11.8 Å². The number of nitrogens with one attached hydrogen (secondary N) is 1. The summed E-state index contributed by atoms with van der Waals surface area (Å²) in [4.78, 5) is 28.3. The molecule has 2 fully saturated rings. The smallest absolute Gasteiger partial charge is 0.339 e. The Morgan fingerprint density at radius 2 is 1.58 bits per heavy atom. The Bertz CT molecular complexity index is 663. The van der Waals surface area contributed by atoms with E-state index in [0.29, 0.717) is 32.1 Å². The monoisotopic (exact) mass is 369 g/mol. The van der Waals surface area contributed by atoms with E-state index in [1.165, 1.54) is 12.1 Å². The van der Waals surface area contributed by atoms with Gasteiger partial charge in [-0.2, -0.15) is 13.2 Å². The van der Waals surface area contributed by atoms with Gasteiger partial charge in [0.15, 0.2) is 0 Å². The average Bonchev–Trinajstić information content (AvgIpc) is 2.58. The maximum atomic E-state index is 12.6. The highest BCUT2D eigenvalue weighted by molar-refractivity contribution is 5.94. The summed E-state index contributed by atoms with van der Waals surface area (Å²) in [5.74, 6) is 0.142. The first-order valence-corrected chi connectivity index (χ1v) is 8.73. The minimum Gasteiger partial charge on any atom is -0.339 e. The molecule has 1 aromatic carbocycles. The van der Waals surface area contributed by atoms with Crippen LogP contribution in [0, 0.1) is 11.8 Å². The number of carbonyl (C=O) groups is 2. The molecule has 8 heteroatoms. The van der Waals surface area contributed by atoms with Crippen LogP contribution in [0.15, 0.2) is 24.3 Å². The van der Waals surface area contributed by atoms with Crippen LogP contribution in [0.5, 0.6) is 0 Å². The van der Waals surface area contributed by atoms with Gasteiger partial charge in [-0.1, -0.05) is 6.92 Å². The van der Waals surface area contributed by atoms with E-state index in [-0.39, 0.29) is 23.3 Å². The number of benzene rings is 1. The van der Waals surface area contributed by atoms with Crippen LogP contribution in [-0.4, -0.2) is 60.9 Å². The lowest BCUT2D eigenvalue weighted by Crippen LogP contribution is -2.55. The van der Waals surface area contributed by atoms with Crippen LogP contribution in [0.1, 0.15) is 22.8 Å². The van der Waals surface area contributed by atoms with E-state index in [4.69, 9.17) is 0 Å². The quantitative estimate of drug-likeness (QED) is 0.885. The topological polar surface area (TPSA) is 52.7 Å². The van der Waals surface area contributed by atoms with Gasteiger partial charge in [-0.25, -0.2) is 0 Å². The van der Waals surface area contributed by atoms with E-state index in [1.807, 2.05) is 6.92 Å². The Hall–Kier alpha value is -2.09. The zero-order valence-electron chi connectivity index (χ0n) is 14.6. The van der Waals surface area contributed by atoms with E-state index >= 15 is 0 Å². The van der Waals surface area contributed by atoms with Crippen LogP contribution in [0.4, 0.5) is 13.2 Å². The summed E-state index contributed by atoms with van der Waals surface area (Å²) in [6, 6.07) is 4.24. The zero-order chi connectivity index (χ0) is 18.9. The van der Waals surface area contributed by atoms with Crippen LogP contribution in [0.2, 0.25) is 0 Å². The molecule has 2 aliphatic heterocycles. The van der Waals surface area contributed by atoms with Gasteiger partial charge >= 0.3 is 6.18 Å². The number of nitrogens with zero attached hydrogens (tertiary/aromatic N) is 2. The van der Waals surface area contributed by atoms with Crippen LogP contribution >= 0.6 is 0 Å². The van der Waals surface area contributed by atoms with Crippen molar-refractivity contribution in [2.75, 3.05) is 39.3 Å². The number of alkyl halides is 3. The second kappa shape index (κ2) is 7.26. The molecule has 142 valence electrons. The predicted molar refractivity (Wildman–Crippen MR) is 89.5 cm³/mol. The lowest BCUT2D eigenvalue weighted by atomic mass is 9.88. The van der Waals surface area contributed by atoms with Crippen LogP contribution in [0.3, 0.4) is 0 Å². The summed E-state index contributed by atoms with van der Waals surface area (Å²) >= 11 is 0. The number of hydrogen-bond acceptors (Lipinski definition) is 3. The summed E-state index contributed by atoms with van der Waals surface area (Å²) in [7, 11) is 0. The van der Waals surface area contributed by atoms with E-state index < -0.39 is 11.7 Å². The van der Waals surface area contributed by atoms with Gasteiger partial charge in [0, 0.05) is 37.7 Å². The van der Waals surface area contributed by atoms with E-state index in [9.17, 15) is 22.8 Å². The Balaban J connectivity index is 1.55. The number of hydrogen-bond donors (Lipinski definition) is 1. The Labute approximate surface area is 150 Å². The van der Waals surface area contributed by atoms with Crippen molar-refractivity contribution in [1.29, 1.82) is 0 Å². The lowest BCUT2D eigenvalue weighted by Gasteiger charge is -2.39. The highest BCUT2D eigenvalue weighted by Gasteiger charge is 2.34. The first-order chi connectivity index (χ1) is 12.3. The van der Waals surface area contributed by atoms with Gasteiger partial charge in [-0.05, 0) is 43.3 Å². The van der Waals surface area contributed by atoms with Crippen LogP contribution in [-0.2, 0) is 11.0 Å². The van der Waals surface area contributed by atoms with E-state index in [0.717, 1.165) is 25.2 Å². The molecule has 1 N–H and O–H groups in total. The second-order valence-corrected chi connectivity index (χ2v) is 6.90. The Morgan fingerprint density at radius 1 is 1.04 bits per heavy atom. The molecule has 1 unspecified atom stereocenters. The summed E-state index contributed by atoms with van der Waals surface area (Å²) in [5.41, 5.74) is -0.546. The molecule has 1 atom stereocenters. The van der Waals surface area contributed by atoms with Gasteiger partial charge in [0.25, 0.3) is 5.91 Å². The van der Waals surface area contributed by atoms with Gasteiger partial charge in [0.2, 0.25) is 5.91 Å². The Morgan fingerprint density at radius 3 is 2.04 bits per heavy atom. The van der Waals surface area contributed by atoms with Crippen molar-refractivity contribution in [2.45, 2.75) is 13.1 Å². The number of piperazine rings is 1. The molecule has 0 radical (unpaired) electrons. The molecule has 2 amide bonds. The fourth-order valence-corrected chi connectivity index (χ4v) is 3.27. The average molecular weight is 369 g/mol. The predicted octanol–water partition coefficient (Wildman–Crippen LogP) is 1.85. The molecular formula is C18H22F3N3O2. The summed E-state index contributed by atoms with van der Waals surface area (Å²) < 4.78 is 37.8. The zero-order valence-corrected chi connectivity index (χ0v) is 14.6. The SMILES string of the molecule is CC(C(=O)N1CCN(C(=O)c2ccc(C(F)(F)F)cc2)CC1)C1CNC1. The first kappa shape index (κ1) is 18.7. The van der Waals surface area contributed by atoms with Crippen molar-refractivity contribution in [3.8, 4) is 0 Å². The molecule has 0 saturated carbocycles. The fraction of sp³-hybridized carbons (Fsp3) is 0.556. The molecule has 2 saturated heterocycles. The normalized spacial score (nSPS) is 19.8. The standard InChI is InChI=1S/C18H22F3N3O2/c1-12(14-10-22-11-14)16(25)23-6-8-24(9-7-23)17(26)13-2-4-15(5-3-13)18(19,20)21/h2-5,12,14,22H,6-11H2,1H3. The van der Waals surface area contributed by atoms with Crippen molar-refractivity contribution in [3.05, 3.63) is 35.4 Å². The minimum atomic E-state index is -4.42. The third kappa shape index (κ3) is 3.85. The van der Waals surface area contributed by atoms with Crippen molar-refractivity contribution >= 4 is 11.8 Å². The molecule has 0 aliphatic carbocycles. The van der Waals surface area contributed by atoms with Gasteiger partial charge in [0.1, 0.15) is 0 Å². The molecule has 0 bridgehead atoms. The fourth-order valence-electron chi connectivity index (χ4n) is 3.27. The highest BCUT2D eigenvalue weighted by Crippen LogP contribution is 2.29. The molecule has 0 aromatic heterocycles. The Kier molecular flexibility index (Phi) is 5.22. The largest absolute Gasteiger partial charge is 0.416 e. The summed E-state index contributed by atoms with van der Waals surface area (Å²) in [6.45, 7) is 5.35. The van der Waals surface area contributed by atoms with Gasteiger partial charge in [-0.3, -0.25) is 9.59 Å². The van der Waals surface area contributed by atoms with Crippen molar-refractivity contribution < 1.29 is 22.8 Å². The maximum absolute atomic E-state index is 12.6. The molecule has 1 aromatic rings. The molecule has 5 nitrogen and oxygen atoms in total. The number of amides is 2. The second-order valence-electron chi connectivity index (χ2n) is 6.90. The summed E-state index contributed by atoms with van der Waals surface area (Å²) in [6.07, 6.45) is -4.42. The lowest BCUT2D eigenvalue weighted by molar-refractivity contribution is -0.139. The third-order valence-electron chi connectivity index (χ3n) is 5.25. The van der Waals surface area contributed by atoms with E-state index in [2.05, 4.69) is 5.32 Å². The molecule has 26 heavy (non-hydrogen) atoms. The van der Waals surface area contributed by atoms with Crippen LogP contribution < -0.4 is 5.32 Å². The maximum Gasteiger partial charge on any atom is 0.416 e.